The lowest BCUT2D eigenvalue weighted by molar-refractivity contribution is -0.140. The molecule has 6 nitrogen and oxygen atoms in total. The first-order valence-corrected chi connectivity index (χ1v) is 5.81. The maximum atomic E-state index is 11.7. The molecule has 0 aliphatic carbocycles. The van der Waals surface area contributed by atoms with Crippen molar-refractivity contribution in [2.45, 2.75) is 38.3 Å². The van der Waals surface area contributed by atoms with Crippen LogP contribution in [0.2, 0.25) is 0 Å². The Morgan fingerprint density at radius 1 is 1.41 bits per heavy atom. The third kappa shape index (κ3) is 4.14. The molecule has 17 heavy (non-hydrogen) atoms. The molecule has 1 fully saturated rings. The zero-order valence-electron chi connectivity index (χ0n) is 9.90. The van der Waals surface area contributed by atoms with E-state index in [4.69, 9.17) is 4.74 Å². The lowest BCUT2D eigenvalue weighted by Gasteiger charge is -2.23. The standard InChI is InChI=1S/C11H18N2O4/c1-2-9(12-7-14)10(15)11(16)13-8-3-5-17-6-4-8/h7-9H,2-6H2,1H3,(H,12,14)(H,13,16)/t9-/m0/s1. The van der Waals surface area contributed by atoms with Crippen molar-refractivity contribution >= 4 is 18.1 Å². The second kappa shape index (κ2) is 7.01. The van der Waals surface area contributed by atoms with Crippen LogP contribution in [-0.2, 0) is 19.1 Å². The van der Waals surface area contributed by atoms with Crippen molar-refractivity contribution in [1.29, 1.82) is 0 Å². The van der Waals surface area contributed by atoms with Gasteiger partial charge in [0, 0.05) is 19.3 Å². The number of rotatable bonds is 6. The van der Waals surface area contributed by atoms with Crippen molar-refractivity contribution in [3.05, 3.63) is 0 Å². The van der Waals surface area contributed by atoms with Crippen LogP contribution in [-0.4, -0.2) is 43.4 Å². The van der Waals surface area contributed by atoms with E-state index < -0.39 is 17.7 Å². The van der Waals surface area contributed by atoms with Crippen molar-refractivity contribution in [2.75, 3.05) is 13.2 Å². The van der Waals surface area contributed by atoms with Crippen molar-refractivity contribution in [1.82, 2.24) is 10.6 Å². The van der Waals surface area contributed by atoms with Gasteiger partial charge in [-0.25, -0.2) is 0 Å². The molecule has 1 saturated heterocycles. The van der Waals surface area contributed by atoms with E-state index in [0.29, 0.717) is 26.0 Å². The van der Waals surface area contributed by atoms with Gasteiger partial charge in [0.05, 0.1) is 6.04 Å². The largest absolute Gasteiger partial charge is 0.381 e. The molecule has 2 amide bonds. The first-order valence-electron chi connectivity index (χ1n) is 5.81. The highest BCUT2D eigenvalue weighted by atomic mass is 16.5. The molecule has 0 radical (unpaired) electrons. The fourth-order valence-corrected chi connectivity index (χ4v) is 1.72. The molecule has 2 N–H and O–H groups in total. The fourth-order valence-electron chi connectivity index (χ4n) is 1.72. The average Bonchev–Trinajstić information content (AvgIpc) is 2.36. The van der Waals surface area contributed by atoms with Gasteiger partial charge in [0.2, 0.25) is 12.2 Å². The summed E-state index contributed by atoms with van der Waals surface area (Å²) >= 11 is 0. The van der Waals surface area contributed by atoms with E-state index in [-0.39, 0.29) is 6.04 Å². The third-order valence-electron chi connectivity index (χ3n) is 2.77. The maximum absolute atomic E-state index is 11.7. The molecule has 1 atom stereocenters. The van der Waals surface area contributed by atoms with E-state index in [9.17, 15) is 14.4 Å². The lowest BCUT2D eigenvalue weighted by atomic mass is 10.1. The Labute approximate surface area is 100 Å². The maximum Gasteiger partial charge on any atom is 0.289 e. The molecule has 1 heterocycles. The molecule has 6 heteroatoms. The smallest absolute Gasteiger partial charge is 0.289 e. The molecule has 96 valence electrons. The molecule has 0 unspecified atom stereocenters. The summed E-state index contributed by atoms with van der Waals surface area (Å²) in [5.41, 5.74) is 0. The van der Waals surface area contributed by atoms with Gasteiger partial charge in [-0.2, -0.15) is 0 Å². The Balaban J connectivity index is 2.44. The molecule has 1 aliphatic rings. The quantitative estimate of drug-likeness (QED) is 0.480. The molecule has 0 bridgehead atoms. The van der Waals surface area contributed by atoms with Crippen molar-refractivity contribution in [3.63, 3.8) is 0 Å². The predicted octanol–water partition coefficient (Wildman–Crippen LogP) is -0.625. The van der Waals surface area contributed by atoms with Gasteiger partial charge in [0.15, 0.2) is 0 Å². The Kier molecular flexibility index (Phi) is 5.62. The van der Waals surface area contributed by atoms with Gasteiger partial charge in [-0.05, 0) is 19.3 Å². The van der Waals surface area contributed by atoms with Crippen molar-refractivity contribution in [3.8, 4) is 0 Å². The van der Waals surface area contributed by atoms with Crippen LogP contribution in [0, 0.1) is 0 Å². The molecule has 0 aromatic carbocycles. The van der Waals surface area contributed by atoms with E-state index in [0.717, 1.165) is 12.8 Å². The van der Waals surface area contributed by atoms with Gasteiger partial charge in [-0.3, -0.25) is 14.4 Å². The number of ketones is 1. The van der Waals surface area contributed by atoms with Gasteiger partial charge in [0.1, 0.15) is 0 Å². The second-order valence-electron chi connectivity index (χ2n) is 3.97. The first-order chi connectivity index (χ1) is 8.19. The zero-order valence-corrected chi connectivity index (χ0v) is 9.90. The van der Waals surface area contributed by atoms with Crippen LogP contribution in [0.5, 0.6) is 0 Å². The van der Waals surface area contributed by atoms with Crippen LogP contribution >= 0.6 is 0 Å². The van der Waals surface area contributed by atoms with Crippen molar-refractivity contribution in [2.24, 2.45) is 0 Å². The monoisotopic (exact) mass is 242 g/mol. The minimum atomic E-state index is -0.729. The van der Waals surface area contributed by atoms with Gasteiger partial charge >= 0.3 is 0 Å². The average molecular weight is 242 g/mol. The Hall–Kier alpha value is -1.43. The number of amides is 2. The van der Waals surface area contributed by atoms with E-state index in [1.54, 1.807) is 6.92 Å². The number of hydrogen-bond donors (Lipinski definition) is 2. The molecule has 1 aliphatic heterocycles. The summed E-state index contributed by atoms with van der Waals surface area (Å²) in [5.74, 6) is -1.22. The SMILES string of the molecule is CC[C@H](NC=O)C(=O)C(=O)NC1CCOCC1. The number of nitrogens with one attached hydrogen (secondary N) is 2. The third-order valence-corrected chi connectivity index (χ3v) is 2.77. The summed E-state index contributed by atoms with van der Waals surface area (Å²) in [6, 6.07) is -0.735. The van der Waals surface area contributed by atoms with Crippen LogP contribution in [0.3, 0.4) is 0 Å². The first kappa shape index (κ1) is 13.6. The predicted molar refractivity (Wildman–Crippen MR) is 60.3 cm³/mol. The van der Waals surface area contributed by atoms with E-state index >= 15 is 0 Å². The van der Waals surface area contributed by atoms with E-state index in [1.165, 1.54) is 0 Å². The van der Waals surface area contributed by atoms with Crippen LogP contribution in [0.25, 0.3) is 0 Å². The highest BCUT2D eigenvalue weighted by molar-refractivity contribution is 6.38. The Bertz CT molecular complexity index is 287. The van der Waals surface area contributed by atoms with Gasteiger partial charge in [-0.15, -0.1) is 0 Å². The molecule has 0 aromatic rings. The minimum absolute atomic E-state index is 0.00561. The summed E-state index contributed by atoms with van der Waals surface area (Å²) in [4.78, 5) is 33.6. The number of hydrogen-bond acceptors (Lipinski definition) is 4. The highest BCUT2D eigenvalue weighted by Gasteiger charge is 2.25. The summed E-state index contributed by atoms with van der Waals surface area (Å²) in [6.07, 6.45) is 2.28. The minimum Gasteiger partial charge on any atom is -0.381 e. The topological polar surface area (TPSA) is 84.5 Å². The van der Waals surface area contributed by atoms with Crippen LogP contribution < -0.4 is 10.6 Å². The van der Waals surface area contributed by atoms with Gasteiger partial charge < -0.3 is 15.4 Å². The Morgan fingerprint density at radius 2 is 2.06 bits per heavy atom. The number of ether oxygens (including phenoxy) is 1. The van der Waals surface area contributed by atoms with Gasteiger partial charge in [0.25, 0.3) is 5.91 Å². The number of carbonyl (C=O) groups is 3. The molecule has 0 saturated carbocycles. The normalized spacial score (nSPS) is 18.2. The number of carbonyl (C=O) groups excluding carboxylic acids is 3. The van der Waals surface area contributed by atoms with Crippen molar-refractivity contribution < 1.29 is 19.1 Å². The fraction of sp³-hybridized carbons (Fsp3) is 0.727. The van der Waals surface area contributed by atoms with E-state index in [1.807, 2.05) is 0 Å². The second-order valence-corrected chi connectivity index (χ2v) is 3.97. The van der Waals surface area contributed by atoms with Gasteiger partial charge in [-0.1, -0.05) is 6.92 Å². The van der Waals surface area contributed by atoms with E-state index in [2.05, 4.69) is 10.6 Å². The number of Topliss-reactive ketones (excluding diaryl/α,β-unsaturated/α-hetero) is 1. The summed E-state index contributed by atoms with van der Waals surface area (Å²) in [6.45, 7) is 2.94. The highest BCUT2D eigenvalue weighted by Crippen LogP contribution is 2.06. The molecular weight excluding hydrogens is 224 g/mol. The summed E-state index contributed by atoms with van der Waals surface area (Å²) in [5, 5.41) is 5.00. The molecule has 0 spiro atoms. The molecule has 0 aromatic heterocycles. The van der Waals surface area contributed by atoms with Crippen LogP contribution in [0.15, 0.2) is 0 Å². The zero-order chi connectivity index (χ0) is 12.7. The molecule has 1 rings (SSSR count). The molecular formula is C11H18N2O4. The summed E-state index contributed by atoms with van der Waals surface area (Å²) < 4.78 is 5.15. The summed E-state index contributed by atoms with van der Waals surface area (Å²) in [7, 11) is 0. The lowest BCUT2D eigenvalue weighted by Crippen LogP contribution is -2.48. The Morgan fingerprint density at radius 3 is 2.59 bits per heavy atom. The van der Waals surface area contributed by atoms with Crippen LogP contribution in [0.1, 0.15) is 26.2 Å². The van der Waals surface area contributed by atoms with Crippen LogP contribution in [0.4, 0.5) is 0 Å².